The first-order chi connectivity index (χ1) is 12.9. The van der Waals surface area contributed by atoms with Crippen molar-refractivity contribution in [2.24, 2.45) is 0 Å². The number of methoxy groups -OCH3 is 1. The molecule has 27 heavy (non-hydrogen) atoms. The van der Waals surface area contributed by atoms with Crippen LogP contribution in [0.4, 0.5) is 0 Å². The minimum atomic E-state index is -3.69. The van der Waals surface area contributed by atoms with Gasteiger partial charge in [-0.2, -0.15) is 4.31 Å². The number of nitrogens with one attached hydrogen (secondary N) is 1. The summed E-state index contributed by atoms with van der Waals surface area (Å²) in [6, 6.07) is 13.9. The molecule has 1 atom stereocenters. The van der Waals surface area contributed by atoms with Gasteiger partial charge in [-0.3, -0.25) is 4.79 Å². The summed E-state index contributed by atoms with van der Waals surface area (Å²) >= 11 is 0. The predicted octanol–water partition coefficient (Wildman–Crippen LogP) is 2.51. The van der Waals surface area contributed by atoms with Crippen molar-refractivity contribution in [2.45, 2.75) is 30.2 Å². The third-order valence-corrected chi connectivity index (χ3v) is 6.63. The van der Waals surface area contributed by atoms with Gasteiger partial charge < -0.3 is 10.1 Å². The zero-order chi connectivity index (χ0) is 19.4. The van der Waals surface area contributed by atoms with Crippen molar-refractivity contribution in [3.8, 4) is 5.75 Å². The van der Waals surface area contributed by atoms with Crippen LogP contribution >= 0.6 is 0 Å². The second-order valence-corrected chi connectivity index (χ2v) is 8.70. The van der Waals surface area contributed by atoms with Gasteiger partial charge in [0.2, 0.25) is 15.9 Å². The molecule has 0 bridgehead atoms. The molecule has 0 radical (unpaired) electrons. The van der Waals surface area contributed by atoms with Crippen LogP contribution in [0.15, 0.2) is 53.4 Å². The van der Waals surface area contributed by atoms with Crippen molar-refractivity contribution in [3.05, 3.63) is 59.7 Å². The number of benzene rings is 2. The van der Waals surface area contributed by atoms with E-state index >= 15 is 0 Å². The molecule has 0 aromatic heterocycles. The molecule has 3 rings (SSSR count). The highest BCUT2D eigenvalue weighted by atomic mass is 32.2. The molecule has 1 unspecified atom stereocenters. The fraction of sp³-hybridized carbons (Fsp3) is 0.350. The molecule has 6 nitrogen and oxygen atoms in total. The lowest BCUT2D eigenvalue weighted by molar-refractivity contribution is -0.122. The third kappa shape index (κ3) is 4.31. The summed E-state index contributed by atoms with van der Waals surface area (Å²) < 4.78 is 31.5. The van der Waals surface area contributed by atoms with Gasteiger partial charge >= 0.3 is 0 Å². The molecular formula is C20H24N2O4S. The number of rotatable bonds is 6. The average Bonchev–Trinajstić information content (AvgIpc) is 2.68. The van der Waals surface area contributed by atoms with Gasteiger partial charge in [-0.1, -0.05) is 24.3 Å². The van der Waals surface area contributed by atoms with E-state index in [1.165, 1.54) is 19.2 Å². The molecular weight excluding hydrogens is 364 g/mol. The molecule has 0 fully saturated rings. The molecule has 0 saturated heterocycles. The van der Waals surface area contributed by atoms with Gasteiger partial charge in [0.25, 0.3) is 0 Å². The fourth-order valence-electron chi connectivity index (χ4n) is 3.37. The maximum atomic E-state index is 12.6. The molecule has 2 aromatic carbocycles. The van der Waals surface area contributed by atoms with Crippen LogP contribution in [0.25, 0.3) is 0 Å². The van der Waals surface area contributed by atoms with Crippen LogP contribution in [0.5, 0.6) is 5.75 Å². The van der Waals surface area contributed by atoms with Gasteiger partial charge in [0, 0.05) is 7.05 Å². The lowest BCUT2D eigenvalue weighted by atomic mass is 9.87. The Labute approximate surface area is 160 Å². The number of carbonyl (C=O) groups excluding carboxylic acids is 1. The van der Waals surface area contributed by atoms with Crippen LogP contribution in [0.2, 0.25) is 0 Å². The van der Waals surface area contributed by atoms with Gasteiger partial charge in [-0.25, -0.2) is 8.42 Å². The van der Waals surface area contributed by atoms with Gasteiger partial charge in [-0.15, -0.1) is 0 Å². The molecule has 0 heterocycles. The summed E-state index contributed by atoms with van der Waals surface area (Å²) in [6.07, 6.45) is 2.74. The minimum absolute atomic E-state index is 0.111. The van der Waals surface area contributed by atoms with E-state index in [-0.39, 0.29) is 23.4 Å². The van der Waals surface area contributed by atoms with E-state index in [9.17, 15) is 13.2 Å². The van der Waals surface area contributed by atoms with Crippen molar-refractivity contribution in [2.75, 3.05) is 20.7 Å². The largest absolute Gasteiger partial charge is 0.497 e. The lowest BCUT2D eigenvalue weighted by Crippen LogP contribution is -2.40. The summed E-state index contributed by atoms with van der Waals surface area (Å²) in [5.41, 5.74) is 2.24. The fourth-order valence-corrected chi connectivity index (χ4v) is 4.52. The Bertz CT molecular complexity index is 913. The number of nitrogens with zero attached hydrogens (tertiary/aromatic N) is 1. The van der Waals surface area contributed by atoms with E-state index in [4.69, 9.17) is 4.74 Å². The predicted molar refractivity (Wildman–Crippen MR) is 103 cm³/mol. The molecule has 1 aliphatic rings. The van der Waals surface area contributed by atoms with Crippen molar-refractivity contribution < 1.29 is 17.9 Å². The maximum absolute atomic E-state index is 12.6. The normalized spacial score (nSPS) is 16.6. The maximum Gasteiger partial charge on any atom is 0.243 e. The number of aryl methyl sites for hydroxylation is 1. The third-order valence-electron chi connectivity index (χ3n) is 4.82. The number of fused-ring (bicyclic) bond motifs is 1. The van der Waals surface area contributed by atoms with Crippen LogP contribution < -0.4 is 10.1 Å². The Hall–Kier alpha value is -2.38. The van der Waals surface area contributed by atoms with Crippen LogP contribution in [-0.2, 0) is 21.2 Å². The van der Waals surface area contributed by atoms with Crippen molar-refractivity contribution in [1.82, 2.24) is 9.62 Å². The highest BCUT2D eigenvalue weighted by Crippen LogP contribution is 2.32. The Balaban J connectivity index is 1.68. The molecule has 0 spiro atoms. The van der Waals surface area contributed by atoms with E-state index < -0.39 is 10.0 Å². The molecule has 7 heteroatoms. The number of sulfonamides is 1. The second-order valence-electron chi connectivity index (χ2n) is 6.65. The van der Waals surface area contributed by atoms with E-state index in [1.807, 2.05) is 18.2 Å². The van der Waals surface area contributed by atoms with E-state index in [0.717, 1.165) is 40.4 Å². The van der Waals surface area contributed by atoms with Gasteiger partial charge in [-0.05, 0) is 54.7 Å². The van der Waals surface area contributed by atoms with Gasteiger partial charge in [0.05, 0.1) is 24.6 Å². The number of carbonyl (C=O) groups is 1. The molecule has 0 saturated carbocycles. The van der Waals surface area contributed by atoms with Crippen LogP contribution in [0, 0.1) is 0 Å². The first-order valence-corrected chi connectivity index (χ1v) is 10.3. The SMILES string of the molecule is COc1ccc2c(c1)CCCC2NC(=O)CN(C)S(=O)(=O)c1ccccc1. The lowest BCUT2D eigenvalue weighted by Gasteiger charge is -2.27. The molecule has 2 aromatic rings. The standard InChI is InChI=1S/C20H24N2O4S/c1-22(27(24,25)17-8-4-3-5-9-17)14-20(23)21-19-10-6-7-15-13-16(26-2)11-12-18(15)19/h3-5,8-9,11-13,19H,6-7,10,14H2,1-2H3,(H,21,23). The van der Waals surface area contributed by atoms with Crippen LogP contribution in [0.3, 0.4) is 0 Å². The highest BCUT2D eigenvalue weighted by Gasteiger charge is 2.26. The topological polar surface area (TPSA) is 75.7 Å². The smallest absolute Gasteiger partial charge is 0.243 e. The first kappa shape index (κ1) is 19.4. The second kappa shape index (κ2) is 8.10. The minimum Gasteiger partial charge on any atom is -0.497 e. The van der Waals surface area contributed by atoms with Gasteiger partial charge in [0.1, 0.15) is 5.75 Å². The highest BCUT2D eigenvalue weighted by molar-refractivity contribution is 7.89. The zero-order valence-corrected chi connectivity index (χ0v) is 16.3. The summed E-state index contributed by atoms with van der Waals surface area (Å²) in [5.74, 6) is 0.486. The molecule has 144 valence electrons. The van der Waals surface area contributed by atoms with Gasteiger partial charge in [0.15, 0.2) is 0 Å². The summed E-state index contributed by atoms with van der Waals surface area (Å²) in [7, 11) is -0.638. The molecule has 1 N–H and O–H groups in total. The Morgan fingerprint density at radius 1 is 1.22 bits per heavy atom. The van der Waals surface area contributed by atoms with Crippen molar-refractivity contribution in [1.29, 1.82) is 0 Å². The number of hydrogen-bond acceptors (Lipinski definition) is 4. The van der Waals surface area contributed by atoms with Crippen LogP contribution in [-0.4, -0.2) is 39.3 Å². The van der Waals surface area contributed by atoms with Crippen molar-refractivity contribution in [3.63, 3.8) is 0 Å². The summed E-state index contributed by atoms with van der Waals surface area (Å²) in [5, 5.41) is 2.98. The Morgan fingerprint density at radius 2 is 1.96 bits per heavy atom. The zero-order valence-electron chi connectivity index (χ0n) is 15.5. The number of ether oxygens (including phenoxy) is 1. The first-order valence-electron chi connectivity index (χ1n) is 8.89. The summed E-state index contributed by atoms with van der Waals surface area (Å²) in [6.45, 7) is -0.223. The Morgan fingerprint density at radius 3 is 2.67 bits per heavy atom. The van der Waals surface area contributed by atoms with Crippen molar-refractivity contribution >= 4 is 15.9 Å². The number of hydrogen-bond donors (Lipinski definition) is 1. The Kier molecular flexibility index (Phi) is 5.82. The molecule has 1 aliphatic carbocycles. The number of likely N-dealkylation sites (N-methyl/N-ethyl adjacent to an activating group) is 1. The van der Waals surface area contributed by atoms with E-state index in [2.05, 4.69) is 5.32 Å². The quantitative estimate of drug-likeness (QED) is 0.825. The molecule has 0 aliphatic heterocycles. The monoisotopic (exact) mass is 388 g/mol. The number of amides is 1. The average molecular weight is 388 g/mol. The molecule has 1 amide bonds. The van der Waals surface area contributed by atoms with Crippen LogP contribution in [0.1, 0.15) is 30.0 Å². The van der Waals surface area contributed by atoms with E-state index in [0.29, 0.717) is 0 Å². The van der Waals surface area contributed by atoms with E-state index in [1.54, 1.807) is 25.3 Å². The summed E-state index contributed by atoms with van der Waals surface area (Å²) in [4.78, 5) is 12.7.